The van der Waals surface area contributed by atoms with E-state index in [1.165, 1.54) is 6.20 Å². The molecule has 0 unspecified atom stereocenters. The van der Waals surface area contributed by atoms with Crippen molar-refractivity contribution < 1.29 is 4.79 Å². The first-order valence-electron chi connectivity index (χ1n) is 13.4. The molecule has 3 heterocycles. The van der Waals surface area contributed by atoms with Crippen LogP contribution in [0.3, 0.4) is 0 Å². The molecule has 1 saturated heterocycles. The lowest BCUT2D eigenvalue weighted by Gasteiger charge is -2.28. The van der Waals surface area contributed by atoms with Crippen molar-refractivity contribution in [3.05, 3.63) is 127 Å². The number of hydrogen-bond acceptors (Lipinski definition) is 6. The van der Waals surface area contributed by atoms with Gasteiger partial charge in [-0.3, -0.25) is 4.79 Å². The van der Waals surface area contributed by atoms with E-state index in [4.69, 9.17) is 0 Å². The van der Waals surface area contributed by atoms with Gasteiger partial charge >= 0.3 is 0 Å². The number of amides is 1. The zero-order chi connectivity index (χ0) is 29.0. The minimum absolute atomic E-state index is 0.251. The largest absolute Gasteiger partial charge is 0.353 e. The van der Waals surface area contributed by atoms with Gasteiger partial charge in [0.15, 0.2) is 7.28 Å². The first kappa shape index (κ1) is 29.0. The number of hydrogen-bond donors (Lipinski definition) is 2. The van der Waals surface area contributed by atoms with Crippen LogP contribution in [0.2, 0.25) is 0 Å². The first-order chi connectivity index (χ1) is 20.0. The predicted molar refractivity (Wildman–Crippen MR) is 172 cm³/mol. The van der Waals surface area contributed by atoms with E-state index in [1.807, 2.05) is 48.6 Å². The summed E-state index contributed by atoms with van der Waals surface area (Å²) in [5.74, 6) is 0.641. The predicted octanol–water partition coefficient (Wildman–Crippen LogP) is 2.13. The summed E-state index contributed by atoms with van der Waals surface area (Å²) in [4.78, 5) is 24.1. The SMILES string of the molecule is C=C/C=C\C(=C/C=C)n1cc(C(=O)Nc2cccc(B/C(C=C)=C/C=c3/c(N4CCNCC4)ncnc3=C)c2)cn1. The van der Waals surface area contributed by atoms with E-state index in [0.29, 0.717) is 23.9 Å². The topological polar surface area (TPSA) is 88.0 Å². The fourth-order valence-electron chi connectivity index (χ4n) is 4.39. The molecule has 206 valence electrons. The second-order valence-electron chi connectivity index (χ2n) is 9.33. The molecule has 2 N–H and O–H groups in total. The van der Waals surface area contributed by atoms with E-state index in [1.54, 1.807) is 41.5 Å². The van der Waals surface area contributed by atoms with Crippen molar-refractivity contribution >= 4 is 48.5 Å². The highest BCUT2D eigenvalue weighted by atomic mass is 16.1. The lowest BCUT2D eigenvalue weighted by atomic mass is 9.63. The molecule has 0 saturated carbocycles. The number of benzene rings is 1. The van der Waals surface area contributed by atoms with Gasteiger partial charge in [0.1, 0.15) is 12.1 Å². The standard InChI is InChI=1S/C32H34BN7O/c1-5-8-13-29(10-6-2)40-22-25(21-37-40)32(41)38-28-12-9-11-27(20-28)33-26(7-3)14-15-30-24(4)35-23-36-31(30)39-18-16-34-17-19-39/h5-15,20-23,33-34H,1-4,16-19H2,(H,38,41)/b13-8-,26-14+,29-10+,30-15+. The van der Waals surface area contributed by atoms with Crippen LogP contribution in [0.25, 0.3) is 18.4 Å². The van der Waals surface area contributed by atoms with Crippen LogP contribution in [0.5, 0.6) is 0 Å². The van der Waals surface area contributed by atoms with E-state index < -0.39 is 0 Å². The average Bonchev–Trinajstić information content (AvgIpc) is 3.49. The molecule has 0 radical (unpaired) electrons. The number of nitrogens with zero attached hydrogens (tertiary/aromatic N) is 5. The third-order valence-corrected chi connectivity index (χ3v) is 6.48. The molecule has 0 spiro atoms. The number of aromatic nitrogens is 4. The molecule has 41 heavy (non-hydrogen) atoms. The van der Waals surface area contributed by atoms with Crippen LogP contribution in [-0.4, -0.2) is 59.1 Å². The lowest BCUT2D eigenvalue weighted by molar-refractivity contribution is 0.102. The number of rotatable bonds is 11. The van der Waals surface area contributed by atoms with Crippen LogP contribution in [0.1, 0.15) is 10.4 Å². The highest BCUT2D eigenvalue weighted by molar-refractivity contribution is 6.62. The Morgan fingerprint density at radius 1 is 1.10 bits per heavy atom. The molecule has 2 aromatic heterocycles. The van der Waals surface area contributed by atoms with Crippen molar-refractivity contribution in [1.82, 2.24) is 25.1 Å². The van der Waals surface area contributed by atoms with Gasteiger partial charge in [0.05, 0.1) is 22.8 Å². The van der Waals surface area contributed by atoms with E-state index in [-0.39, 0.29) is 5.91 Å². The van der Waals surface area contributed by atoms with Gasteiger partial charge in [0, 0.05) is 43.3 Å². The molecule has 8 nitrogen and oxygen atoms in total. The Morgan fingerprint density at radius 3 is 2.68 bits per heavy atom. The van der Waals surface area contributed by atoms with E-state index in [9.17, 15) is 4.79 Å². The van der Waals surface area contributed by atoms with Crippen LogP contribution in [-0.2, 0) is 0 Å². The molecule has 1 amide bonds. The Morgan fingerprint density at radius 2 is 1.93 bits per heavy atom. The van der Waals surface area contributed by atoms with Gasteiger partial charge in [0.25, 0.3) is 5.91 Å². The number of carbonyl (C=O) groups excluding carboxylic acids is 1. The fourth-order valence-corrected chi connectivity index (χ4v) is 4.39. The lowest BCUT2D eigenvalue weighted by Crippen LogP contribution is -2.47. The van der Waals surface area contributed by atoms with Crippen LogP contribution < -0.4 is 31.6 Å². The van der Waals surface area contributed by atoms with Crippen LogP contribution >= 0.6 is 0 Å². The van der Waals surface area contributed by atoms with Gasteiger partial charge in [0.2, 0.25) is 0 Å². The Kier molecular flexibility index (Phi) is 10.2. The number of allylic oxidation sites excluding steroid dienone is 9. The molecule has 0 aliphatic carbocycles. The minimum Gasteiger partial charge on any atom is -0.353 e. The molecule has 0 atom stereocenters. The summed E-state index contributed by atoms with van der Waals surface area (Å²) in [6.07, 6.45) is 19.4. The molecule has 1 aromatic carbocycles. The molecule has 1 aliphatic rings. The number of carbonyl (C=O) groups is 1. The fraction of sp³-hybridized carbons (Fsp3) is 0.125. The van der Waals surface area contributed by atoms with Crippen LogP contribution in [0.4, 0.5) is 11.5 Å². The zero-order valence-corrected chi connectivity index (χ0v) is 23.2. The maximum Gasteiger partial charge on any atom is 0.258 e. The van der Waals surface area contributed by atoms with Gasteiger partial charge in [-0.15, -0.1) is 0 Å². The monoisotopic (exact) mass is 543 g/mol. The van der Waals surface area contributed by atoms with Gasteiger partial charge in [-0.1, -0.05) is 79.8 Å². The summed E-state index contributed by atoms with van der Waals surface area (Å²) in [5, 5.41) is 12.3. The normalized spacial score (nSPS) is 14.6. The summed E-state index contributed by atoms with van der Waals surface area (Å²) < 4.78 is 1.62. The number of nitrogens with one attached hydrogen (secondary N) is 2. The summed E-state index contributed by atoms with van der Waals surface area (Å²) in [5.41, 5.74) is 3.94. The smallest absolute Gasteiger partial charge is 0.258 e. The van der Waals surface area contributed by atoms with Crippen LogP contribution in [0, 0.1) is 0 Å². The van der Waals surface area contributed by atoms with Crippen molar-refractivity contribution in [3.63, 3.8) is 0 Å². The molecule has 4 rings (SSSR count). The third kappa shape index (κ3) is 7.77. The van der Waals surface area contributed by atoms with Crippen molar-refractivity contribution in [1.29, 1.82) is 0 Å². The molecule has 1 aliphatic heterocycles. The summed E-state index contributed by atoms with van der Waals surface area (Å²) in [6.45, 7) is 19.2. The van der Waals surface area contributed by atoms with Gasteiger partial charge in [-0.2, -0.15) is 5.10 Å². The highest BCUT2D eigenvalue weighted by Gasteiger charge is 2.14. The Labute approximate surface area is 241 Å². The van der Waals surface area contributed by atoms with Crippen molar-refractivity contribution in [3.8, 4) is 0 Å². The van der Waals surface area contributed by atoms with E-state index in [0.717, 1.165) is 53.8 Å². The van der Waals surface area contributed by atoms with Gasteiger partial charge < -0.3 is 15.5 Å². The summed E-state index contributed by atoms with van der Waals surface area (Å²) in [7, 11) is 0.635. The summed E-state index contributed by atoms with van der Waals surface area (Å²) >= 11 is 0. The van der Waals surface area contributed by atoms with E-state index >= 15 is 0 Å². The average molecular weight is 543 g/mol. The Balaban J connectivity index is 1.50. The van der Waals surface area contributed by atoms with E-state index in [2.05, 4.69) is 56.9 Å². The molecular formula is C32H34BN7O. The Bertz CT molecular complexity index is 1630. The third-order valence-electron chi connectivity index (χ3n) is 6.48. The highest BCUT2D eigenvalue weighted by Crippen LogP contribution is 2.12. The minimum atomic E-state index is -0.251. The quantitative estimate of drug-likeness (QED) is 0.285. The zero-order valence-electron chi connectivity index (χ0n) is 23.2. The van der Waals surface area contributed by atoms with Crippen LogP contribution in [0.15, 0.2) is 111 Å². The van der Waals surface area contributed by atoms with Crippen molar-refractivity contribution in [2.24, 2.45) is 0 Å². The maximum atomic E-state index is 13.0. The van der Waals surface area contributed by atoms with Crippen molar-refractivity contribution in [2.45, 2.75) is 0 Å². The maximum absolute atomic E-state index is 13.0. The molecule has 3 aromatic rings. The number of anilines is 2. The van der Waals surface area contributed by atoms with Gasteiger partial charge in [-0.05, 0) is 30.4 Å². The molecule has 0 bridgehead atoms. The van der Waals surface area contributed by atoms with Gasteiger partial charge in [-0.25, -0.2) is 14.6 Å². The molecule has 9 heteroatoms. The number of piperazine rings is 1. The Hall–Kier alpha value is -5.02. The first-order valence-corrected chi connectivity index (χ1v) is 13.4. The van der Waals surface area contributed by atoms with Crippen molar-refractivity contribution in [2.75, 3.05) is 36.4 Å². The summed E-state index contributed by atoms with van der Waals surface area (Å²) in [6, 6.07) is 7.76. The second kappa shape index (κ2) is 14.4. The molecule has 1 fully saturated rings. The second-order valence-corrected chi connectivity index (χ2v) is 9.33. The molecular weight excluding hydrogens is 509 g/mol.